The average molecular weight is 350 g/mol. The standard InChI is InChI=1S/C15H12BrNO2S/c16-14-8-13(10-20-14)15(19)17-9-12-5-2-1-4-11(12)6-3-7-18/h1-2,4-5,8,10,18H,7,9H2,(H,17,19). The first-order valence-electron chi connectivity index (χ1n) is 5.90. The molecule has 1 amide bonds. The molecule has 0 saturated carbocycles. The van der Waals surface area contributed by atoms with Crippen molar-refractivity contribution in [3.05, 3.63) is 56.2 Å². The van der Waals surface area contributed by atoms with E-state index in [1.807, 2.05) is 24.3 Å². The van der Waals surface area contributed by atoms with Gasteiger partial charge in [-0.25, -0.2) is 0 Å². The molecular weight excluding hydrogens is 338 g/mol. The van der Waals surface area contributed by atoms with Gasteiger partial charge in [-0.2, -0.15) is 0 Å². The molecule has 5 heteroatoms. The van der Waals surface area contributed by atoms with Crippen LogP contribution in [0.2, 0.25) is 0 Å². The summed E-state index contributed by atoms with van der Waals surface area (Å²) < 4.78 is 0.928. The van der Waals surface area contributed by atoms with Crippen LogP contribution in [0.3, 0.4) is 0 Å². The molecule has 0 aliphatic heterocycles. The Morgan fingerprint density at radius 1 is 1.40 bits per heavy atom. The number of halogens is 1. The first-order chi connectivity index (χ1) is 9.70. The maximum absolute atomic E-state index is 12.0. The lowest BCUT2D eigenvalue weighted by atomic mass is 10.1. The number of hydrogen-bond acceptors (Lipinski definition) is 3. The summed E-state index contributed by atoms with van der Waals surface area (Å²) in [5.41, 5.74) is 2.38. The quantitative estimate of drug-likeness (QED) is 0.837. The van der Waals surface area contributed by atoms with Crippen LogP contribution < -0.4 is 5.32 Å². The largest absolute Gasteiger partial charge is 0.384 e. The monoisotopic (exact) mass is 349 g/mol. The SMILES string of the molecule is O=C(NCc1ccccc1C#CCO)c1csc(Br)c1. The van der Waals surface area contributed by atoms with Crippen LogP contribution in [-0.4, -0.2) is 17.6 Å². The molecule has 2 rings (SSSR count). The zero-order valence-corrected chi connectivity index (χ0v) is 12.9. The second-order valence-electron chi connectivity index (χ2n) is 3.94. The Balaban J connectivity index is 2.06. The van der Waals surface area contributed by atoms with E-state index < -0.39 is 0 Å². The molecule has 3 nitrogen and oxygen atoms in total. The Bertz CT molecular complexity index is 670. The summed E-state index contributed by atoms with van der Waals surface area (Å²) in [7, 11) is 0. The molecule has 1 aromatic heterocycles. The number of hydrogen-bond donors (Lipinski definition) is 2. The molecule has 0 aliphatic rings. The summed E-state index contributed by atoms with van der Waals surface area (Å²) in [6.07, 6.45) is 0. The van der Waals surface area contributed by atoms with E-state index >= 15 is 0 Å². The maximum Gasteiger partial charge on any atom is 0.252 e. The maximum atomic E-state index is 12.0. The fourth-order valence-corrected chi connectivity index (χ4v) is 2.77. The van der Waals surface area contributed by atoms with Crippen LogP contribution in [0, 0.1) is 11.8 Å². The van der Waals surface area contributed by atoms with Crippen LogP contribution in [0.4, 0.5) is 0 Å². The van der Waals surface area contributed by atoms with Gasteiger partial charge in [0.1, 0.15) is 6.61 Å². The predicted octanol–water partition coefficient (Wildman–Crippen LogP) is 2.78. The number of rotatable bonds is 3. The van der Waals surface area contributed by atoms with Crippen LogP contribution in [0.5, 0.6) is 0 Å². The molecule has 0 aliphatic carbocycles. The van der Waals surface area contributed by atoms with Gasteiger partial charge in [0, 0.05) is 17.5 Å². The van der Waals surface area contributed by atoms with E-state index in [9.17, 15) is 4.79 Å². The number of thiophene rings is 1. The summed E-state index contributed by atoms with van der Waals surface area (Å²) >= 11 is 4.81. The fraction of sp³-hybridized carbons (Fsp3) is 0.133. The molecule has 0 atom stereocenters. The minimum Gasteiger partial charge on any atom is -0.384 e. The predicted molar refractivity (Wildman–Crippen MR) is 83.6 cm³/mol. The molecule has 0 bridgehead atoms. The van der Waals surface area contributed by atoms with Crippen LogP contribution in [0.25, 0.3) is 0 Å². The normalized spacial score (nSPS) is 9.70. The van der Waals surface area contributed by atoms with Gasteiger partial charge >= 0.3 is 0 Å². The van der Waals surface area contributed by atoms with Crippen molar-refractivity contribution in [2.75, 3.05) is 6.61 Å². The van der Waals surface area contributed by atoms with Crippen molar-refractivity contribution in [3.8, 4) is 11.8 Å². The fourth-order valence-electron chi connectivity index (χ4n) is 1.64. The molecule has 0 saturated heterocycles. The Hall–Kier alpha value is -1.61. The lowest BCUT2D eigenvalue weighted by molar-refractivity contribution is 0.0951. The summed E-state index contributed by atoms with van der Waals surface area (Å²) in [4.78, 5) is 12.0. The van der Waals surface area contributed by atoms with E-state index in [-0.39, 0.29) is 12.5 Å². The molecule has 20 heavy (non-hydrogen) atoms. The van der Waals surface area contributed by atoms with Gasteiger partial charge in [0.2, 0.25) is 0 Å². The third-order valence-electron chi connectivity index (χ3n) is 2.59. The zero-order chi connectivity index (χ0) is 14.4. The number of nitrogens with one attached hydrogen (secondary N) is 1. The second kappa shape index (κ2) is 7.25. The zero-order valence-electron chi connectivity index (χ0n) is 10.5. The molecule has 1 aromatic carbocycles. The number of carbonyl (C=O) groups is 1. The van der Waals surface area contributed by atoms with Crippen LogP contribution >= 0.6 is 27.3 Å². The Kier molecular flexibility index (Phi) is 5.36. The number of benzene rings is 1. The van der Waals surface area contributed by atoms with E-state index in [1.54, 1.807) is 11.4 Å². The van der Waals surface area contributed by atoms with Crippen molar-refractivity contribution >= 4 is 33.2 Å². The lowest BCUT2D eigenvalue weighted by Gasteiger charge is -2.06. The third kappa shape index (κ3) is 3.94. The smallest absolute Gasteiger partial charge is 0.252 e. The molecule has 1 heterocycles. The van der Waals surface area contributed by atoms with E-state index in [4.69, 9.17) is 5.11 Å². The topological polar surface area (TPSA) is 49.3 Å². The summed E-state index contributed by atoms with van der Waals surface area (Å²) in [6, 6.07) is 9.34. The minimum absolute atomic E-state index is 0.114. The first kappa shape index (κ1) is 14.8. The molecule has 0 unspecified atom stereocenters. The van der Waals surface area contributed by atoms with Crippen molar-refractivity contribution in [1.82, 2.24) is 5.32 Å². The molecule has 0 spiro atoms. The number of amides is 1. The molecule has 0 fully saturated rings. The first-order valence-corrected chi connectivity index (χ1v) is 7.58. The van der Waals surface area contributed by atoms with Gasteiger partial charge in [0.15, 0.2) is 0 Å². The highest BCUT2D eigenvalue weighted by molar-refractivity contribution is 9.11. The Labute approximate surface area is 129 Å². The number of aliphatic hydroxyl groups excluding tert-OH is 1. The van der Waals surface area contributed by atoms with Gasteiger partial charge in [-0.15, -0.1) is 11.3 Å². The molecule has 0 radical (unpaired) electrons. The van der Waals surface area contributed by atoms with Crippen molar-refractivity contribution < 1.29 is 9.90 Å². The third-order valence-corrected chi connectivity index (χ3v) is 4.09. The minimum atomic E-state index is -0.177. The highest BCUT2D eigenvalue weighted by Crippen LogP contribution is 2.20. The van der Waals surface area contributed by atoms with Crippen molar-refractivity contribution in [2.24, 2.45) is 0 Å². The van der Waals surface area contributed by atoms with Gasteiger partial charge in [-0.1, -0.05) is 30.0 Å². The van der Waals surface area contributed by atoms with Crippen molar-refractivity contribution in [1.29, 1.82) is 0 Å². The second-order valence-corrected chi connectivity index (χ2v) is 6.23. The van der Waals surface area contributed by atoms with E-state index in [2.05, 4.69) is 33.1 Å². The van der Waals surface area contributed by atoms with E-state index in [0.29, 0.717) is 12.1 Å². The van der Waals surface area contributed by atoms with Crippen molar-refractivity contribution in [2.45, 2.75) is 6.54 Å². The summed E-state index contributed by atoms with van der Waals surface area (Å²) in [5.74, 6) is 5.38. The van der Waals surface area contributed by atoms with Gasteiger partial charge < -0.3 is 10.4 Å². The Morgan fingerprint density at radius 3 is 2.90 bits per heavy atom. The Morgan fingerprint density at radius 2 is 2.20 bits per heavy atom. The van der Waals surface area contributed by atoms with Gasteiger partial charge in [-0.05, 0) is 33.6 Å². The number of carbonyl (C=O) groups excluding carboxylic acids is 1. The number of aliphatic hydroxyl groups is 1. The van der Waals surface area contributed by atoms with Crippen LogP contribution in [-0.2, 0) is 6.54 Å². The average Bonchev–Trinajstić information content (AvgIpc) is 2.90. The molecule has 2 aromatic rings. The highest BCUT2D eigenvalue weighted by Gasteiger charge is 2.08. The van der Waals surface area contributed by atoms with Crippen LogP contribution in [0.15, 0.2) is 39.5 Å². The summed E-state index contributed by atoms with van der Waals surface area (Å²) in [5, 5.41) is 13.4. The van der Waals surface area contributed by atoms with E-state index in [1.165, 1.54) is 11.3 Å². The van der Waals surface area contributed by atoms with Gasteiger partial charge in [-0.3, -0.25) is 4.79 Å². The van der Waals surface area contributed by atoms with E-state index in [0.717, 1.165) is 14.9 Å². The lowest BCUT2D eigenvalue weighted by Crippen LogP contribution is -2.22. The molecule has 2 N–H and O–H groups in total. The van der Waals surface area contributed by atoms with Crippen molar-refractivity contribution in [3.63, 3.8) is 0 Å². The molecule has 102 valence electrons. The van der Waals surface area contributed by atoms with Gasteiger partial charge in [0.05, 0.1) is 9.35 Å². The van der Waals surface area contributed by atoms with Crippen LogP contribution in [0.1, 0.15) is 21.5 Å². The highest BCUT2D eigenvalue weighted by atomic mass is 79.9. The van der Waals surface area contributed by atoms with Gasteiger partial charge in [0.25, 0.3) is 5.91 Å². The molecular formula is C15H12BrNO2S. The summed E-state index contributed by atoms with van der Waals surface area (Å²) in [6.45, 7) is 0.228.